The van der Waals surface area contributed by atoms with Crippen LogP contribution in [0.3, 0.4) is 0 Å². The number of hydrogen-bond donors (Lipinski definition) is 1. The lowest BCUT2D eigenvalue weighted by Gasteiger charge is -2.31. The number of benzene rings is 1. The topological polar surface area (TPSA) is 112 Å². The smallest absolute Gasteiger partial charge is 0.410 e. The normalized spacial score (nSPS) is 12.0. The van der Waals surface area contributed by atoms with Gasteiger partial charge in [-0.25, -0.2) is 9.59 Å². The number of nitroso groups, excluding NO2 is 1. The Balaban J connectivity index is 3.21. The minimum absolute atomic E-state index is 0.0816. The monoisotopic (exact) mass is 396 g/mol. The van der Waals surface area contributed by atoms with Gasteiger partial charge in [-0.2, -0.15) is 0 Å². The fourth-order valence-corrected chi connectivity index (χ4v) is 1.99. The largest absolute Gasteiger partial charge is 0.414 e. The molecule has 0 aliphatic rings. The summed E-state index contributed by atoms with van der Waals surface area (Å²) in [7, 11) is 6.08. The first-order chi connectivity index (χ1) is 12.8. The molecule has 1 aromatic rings. The summed E-state index contributed by atoms with van der Waals surface area (Å²) in [4.78, 5) is 37.3. The van der Waals surface area contributed by atoms with Crippen molar-refractivity contribution in [3.63, 3.8) is 0 Å². The third-order valence-corrected chi connectivity index (χ3v) is 3.65. The molecule has 0 fully saturated rings. The van der Waals surface area contributed by atoms with Crippen LogP contribution in [0.5, 0.6) is 11.5 Å². The molecule has 0 aliphatic carbocycles. The Labute approximate surface area is 164 Å². The molecule has 10 heteroatoms. The Kier molecular flexibility index (Phi) is 7.74. The van der Waals surface area contributed by atoms with Crippen LogP contribution in [-0.4, -0.2) is 72.4 Å². The molecular formula is C18H28N4O6. The van der Waals surface area contributed by atoms with Gasteiger partial charge in [0.2, 0.25) is 0 Å². The van der Waals surface area contributed by atoms with Crippen LogP contribution in [0, 0.1) is 4.91 Å². The number of carbonyl (C=O) groups excluding carboxylic acids is 2. The van der Waals surface area contributed by atoms with Crippen molar-refractivity contribution >= 4 is 12.2 Å². The number of aliphatic hydroxyl groups excluding tert-OH is 1. The van der Waals surface area contributed by atoms with E-state index in [2.05, 4.69) is 5.29 Å². The van der Waals surface area contributed by atoms with Crippen LogP contribution in [0.2, 0.25) is 0 Å². The Bertz CT molecular complexity index is 674. The van der Waals surface area contributed by atoms with Crippen LogP contribution in [-0.2, 0) is 0 Å². The summed E-state index contributed by atoms with van der Waals surface area (Å²) in [5, 5.41) is 14.7. The highest BCUT2D eigenvalue weighted by Gasteiger charge is 2.25. The van der Waals surface area contributed by atoms with Crippen LogP contribution >= 0.6 is 0 Å². The van der Waals surface area contributed by atoms with Gasteiger partial charge >= 0.3 is 12.2 Å². The Morgan fingerprint density at radius 2 is 1.43 bits per heavy atom. The maximum Gasteiger partial charge on any atom is 0.414 e. The fraction of sp³-hybridized carbons (Fsp3) is 0.556. The first kappa shape index (κ1) is 23.2. The van der Waals surface area contributed by atoms with E-state index in [1.165, 1.54) is 61.2 Å². The predicted octanol–water partition coefficient (Wildman–Crippen LogP) is 2.62. The predicted molar refractivity (Wildman–Crippen MR) is 103 cm³/mol. The van der Waals surface area contributed by atoms with Gasteiger partial charge in [0.15, 0.2) is 0 Å². The summed E-state index contributed by atoms with van der Waals surface area (Å²) >= 11 is 0. The molecule has 1 unspecified atom stereocenters. The number of amides is 2. The molecule has 1 atom stereocenters. The van der Waals surface area contributed by atoms with E-state index in [9.17, 15) is 19.6 Å². The van der Waals surface area contributed by atoms with Crippen LogP contribution in [0.25, 0.3) is 0 Å². The van der Waals surface area contributed by atoms with E-state index >= 15 is 0 Å². The van der Waals surface area contributed by atoms with Crippen LogP contribution in [0.1, 0.15) is 32.4 Å². The summed E-state index contributed by atoms with van der Waals surface area (Å²) in [6, 6.07) is 4.23. The standard InChI is InChI=1S/C18H28N4O6/c1-18(2,3)22(19-26)11-15(23)12-8-13(27-16(24)20(4)5)10-14(9-12)28-17(25)21(6)7/h8-10,15,23H,11H2,1-7H3. The van der Waals surface area contributed by atoms with Crippen LogP contribution < -0.4 is 9.47 Å². The summed E-state index contributed by atoms with van der Waals surface area (Å²) in [5.41, 5.74) is -0.304. The van der Waals surface area contributed by atoms with Gasteiger partial charge in [-0.15, -0.1) is 4.91 Å². The van der Waals surface area contributed by atoms with Crippen molar-refractivity contribution < 1.29 is 24.2 Å². The molecule has 2 amide bonds. The van der Waals surface area contributed by atoms with Gasteiger partial charge in [-0.05, 0) is 38.5 Å². The molecule has 1 rings (SSSR count). The van der Waals surface area contributed by atoms with Gasteiger partial charge in [0.1, 0.15) is 11.5 Å². The van der Waals surface area contributed by atoms with E-state index in [1.807, 2.05) is 0 Å². The average molecular weight is 396 g/mol. The third kappa shape index (κ3) is 6.69. The van der Waals surface area contributed by atoms with Crippen molar-refractivity contribution in [3.05, 3.63) is 28.7 Å². The molecule has 28 heavy (non-hydrogen) atoms. The van der Waals surface area contributed by atoms with Gasteiger partial charge in [-0.1, -0.05) is 0 Å². The van der Waals surface area contributed by atoms with Crippen molar-refractivity contribution in [2.75, 3.05) is 34.7 Å². The second-order valence-corrected chi connectivity index (χ2v) is 7.61. The number of rotatable bonds is 6. The lowest BCUT2D eigenvalue weighted by atomic mass is 10.0. The quantitative estimate of drug-likeness (QED) is 0.581. The Morgan fingerprint density at radius 3 is 1.75 bits per heavy atom. The van der Waals surface area contributed by atoms with E-state index in [4.69, 9.17) is 9.47 Å². The SMILES string of the molecule is CN(C)C(=O)Oc1cc(OC(=O)N(C)C)cc(C(O)CN(N=O)C(C)(C)C)c1. The number of carbonyl (C=O) groups is 2. The summed E-state index contributed by atoms with van der Waals surface area (Å²) in [6.45, 7) is 5.24. The molecule has 0 aliphatic heterocycles. The van der Waals surface area contributed by atoms with Gasteiger partial charge in [-0.3, -0.25) is 5.01 Å². The zero-order chi connectivity index (χ0) is 21.6. The summed E-state index contributed by atoms with van der Waals surface area (Å²) in [6.07, 6.45) is -2.42. The van der Waals surface area contributed by atoms with Crippen LogP contribution in [0.15, 0.2) is 23.5 Å². The molecular weight excluding hydrogens is 368 g/mol. The summed E-state index contributed by atoms with van der Waals surface area (Å²) < 4.78 is 10.4. The van der Waals surface area contributed by atoms with Gasteiger partial charge in [0.25, 0.3) is 0 Å². The number of ether oxygens (including phenoxy) is 2. The molecule has 0 heterocycles. The fourth-order valence-electron chi connectivity index (χ4n) is 1.99. The second kappa shape index (κ2) is 9.36. The van der Waals surface area contributed by atoms with E-state index < -0.39 is 23.8 Å². The second-order valence-electron chi connectivity index (χ2n) is 7.61. The van der Waals surface area contributed by atoms with E-state index in [0.717, 1.165) is 0 Å². The molecule has 156 valence electrons. The molecule has 10 nitrogen and oxygen atoms in total. The van der Waals surface area contributed by atoms with Crippen LogP contribution in [0.4, 0.5) is 9.59 Å². The highest BCUT2D eigenvalue weighted by atomic mass is 16.6. The molecule has 0 bridgehead atoms. The lowest BCUT2D eigenvalue weighted by molar-refractivity contribution is 0.0589. The highest BCUT2D eigenvalue weighted by molar-refractivity contribution is 5.72. The Hall–Kier alpha value is -2.88. The molecule has 1 N–H and O–H groups in total. The minimum atomic E-state index is -1.15. The number of nitrogens with zero attached hydrogens (tertiary/aromatic N) is 4. The summed E-state index contributed by atoms with van der Waals surface area (Å²) in [5.74, 6) is 0.163. The molecule has 0 radical (unpaired) electrons. The van der Waals surface area contributed by atoms with Crippen molar-refractivity contribution in [2.24, 2.45) is 5.29 Å². The van der Waals surface area contributed by atoms with Crippen molar-refractivity contribution in [1.82, 2.24) is 14.8 Å². The zero-order valence-corrected chi connectivity index (χ0v) is 17.3. The first-order valence-electron chi connectivity index (χ1n) is 8.57. The lowest BCUT2D eigenvalue weighted by Crippen LogP contribution is -2.39. The maximum atomic E-state index is 11.9. The number of β-amino-alcohol motifs (C(OH)–C–C–N with tert-alkyl or cyclic N) is 1. The van der Waals surface area contributed by atoms with Gasteiger partial charge in [0.05, 0.1) is 23.5 Å². The number of hydrogen-bond acceptors (Lipinski definition) is 7. The molecule has 0 aromatic heterocycles. The van der Waals surface area contributed by atoms with E-state index in [1.54, 1.807) is 20.8 Å². The molecule has 0 spiro atoms. The molecule has 1 aromatic carbocycles. The molecule has 0 saturated heterocycles. The highest BCUT2D eigenvalue weighted by Crippen LogP contribution is 2.29. The minimum Gasteiger partial charge on any atom is -0.410 e. The third-order valence-electron chi connectivity index (χ3n) is 3.65. The first-order valence-corrected chi connectivity index (χ1v) is 8.57. The van der Waals surface area contributed by atoms with Crippen molar-refractivity contribution in [3.8, 4) is 11.5 Å². The molecule has 0 saturated carbocycles. The van der Waals surface area contributed by atoms with Crippen molar-refractivity contribution in [1.29, 1.82) is 0 Å². The number of aliphatic hydroxyl groups is 1. The average Bonchev–Trinajstić information content (AvgIpc) is 2.57. The van der Waals surface area contributed by atoms with Crippen molar-refractivity contribution in [2.45, 2.75) is 32.4 Å². The van der Waals surface area contributed by atoms with E-state index in [-0.39, 0.29) is 18.0 Å². The Morgan fingerprint density at radius 1 is 1.00 bits per heavy atom. The van der Waals surface area contributed by atoms with E-state index in [0.29, 0.717) is 5.56 Å². The maximum absolute atomic E-state index is 11.9. The van der Waals surface area contributed by atoms with Gasteiger partial charge in [0, 0.05) is 34.3 Å². The van der Waals surface area contributed by atoms with Gasteiger partial charge < -0.3 is 24.4 Å². The zero-order valence-electron chi connectivity index (χ0n) is 17.3.